The minimum absolute atomic E-state index is 0.501. The Morgan fingerprint density at radius 1 is 0.737 bits per heavy atom. The highest BCUT2D eigenvalue weighted by molar-refractivity contribution is 5.74. The van der Waals surface area contributed by atoms with Crippen LogP contribution in [0, 0.1) is 0 Å². The number of aliphatic hydroxyl groups excluding tert-OH is 3. The number of esters is 3. The molecule has 0 aromatic carbocycles. The van der Waals surface area contributed by atoms with E-state index >= 15 is 0 Å². The fourth-order valence-corrected chi connectivity index (χ4v) is 4.20. The van der Waals surface area contributed by atoms with E-state index in [1.54, 1.807) is 0 Å². The predicted octanol–water partition coefficient (Wildman–Crippen LogP) is -3.40. The van der Waals surface area contributed by atoms with Crippen molar-refractivity contribution in [3.63, 3.8) is 0 Å². The molecular formula is C22H34N2O14. The number of hydrogen-bond donors (Lipinski definition) is 5. The largest absolute Gasteiger partial charge is 0.463 e. The van der Waals surface area contributed by atoms with Crippen molar-refractivity contribution in [2.75, 3.05) is 13.2 Å². The van der Waals surface area contributed by atoms with Crippen LogP contribution in [-0.4, -0.2) is 120 Å². The van der Waals surface area contributed by atoms with E-state index in [-0.39, 0.29) is 0 Å². The molecule has 2 aliphatic heterocycles. The molecule has 0 aromatic heterocycles. The Hall–Kier alpha value is -2.89. The number of nitrogens with one attached hydrogen (secondary N) is 2. The van der Waals surface area contributed by atoms with E-state index in [1.807, 2.05) is 0 Å². The highest BCUT2D eigenvalue weighted by Crippen LogP contribution is 2.31. The quantitative estimate of drug-likeness (QED) is 0.139. The minimum atomic E-state index is -1.73. The summed E-state index contributed by atoms with van der Waals surface area (Å²) in [6, 6.07) is -2.71. The molecule has 216 valence electrons. The van der Waals surface area contributed by atoms with E-state index in [4.69, 9.17) is 28.4 Å². The fourth-order valence-electron chi connectivity index (χ4n) is 4.20. The van der Waals surface area contributed by atoms with Gasteiger partial charge in [0.2, 0.25) is 11.8 Å². The van der Waals surface area contributed by atoms with Crippen LogP contribution in [0.3, 0.4) is 0 Å². The lowest BCUT2D eigenvalue weighted by Crippen LogP contribution is -2.70. The molecule has 2 fully saturated rings. The lowest BCUT2D eigenvalue weighted by molar-refractivity contribution is -0.329. The Morgan fingerprint density at radius 3 is 1.79 bits per heavy atom. The molecule has 2 rings (SSSR count). The van der Waals surface area contributed by atoms with Crippen LogP contribution in [-0.2, 0) is 52.4 Å². The highest BCUT2D eigenvalue weighted by Gasteiger charge is 2.54. The summed E-state index contributed by atoms with van der Waals surface area (Å²) in [7, 11) is 0. The number of ether oxygens (including phenoxy) is 6. The smallest absolute Gasteiger partial charge is 0.303 e. The first kappa shape index (κ1) is 31.3. The van der Waals surface area contributed by atoms with Crippen LogP contribution in [0.4, 0.5) is 0 Å². The number of aliphatic hydroxyl groups is 3. The monoisotopic (exact) mass is 550 g/mol. The van der Waals surface area contributed by atoms with Gasteiger partial charge in [0.25, 0.3) is 0 Å². The molecule has 16 nitrogen and oxygen atoms in total. The van der Waals surface area contributed by atoms with Gasteiger partial charge >= 0.3 is 17.9 Å². The van der Waals surface area contributed by atoms with E-state index in [1.165, 1.54) is 0 Å². The molecule has 38 heavy (non-hydrogen) atoms. The van der Waals surface area contributed by atoms with Crippen molar-refractivity contribution in [2.45, 2.75) is 95.9 Å². The maximum Gasteiger partial charge on any atom is 0.303 e. The Kier molecular flexibility index (Phi) is 11.4. The second-order valence-corrected chi connectivity index (χ2v) is 8.79. The van der Waals surface area contributed by atoms with Crippen molar-refractivity contribution in [3.8, 4) is 0 Å². The number of carbonyl (C=O) groups is 5. The normalized spacial score (nSPS) is 34.9. The summed E-state index contributed by atoms with van der Waals surface area (Å²) in [6.07, 6.45) is -11.9. The third kappa shape index (κ3) is 8.31. The fraction of sp³-hybridized carbons (Fsp3) is 0.773. The van der Waals surface area contributed by atoms with E-state index < -0.39 is 104 Å². The van der Waals surface area contributed by atoms with Crippen molar-refractivity contribution in [2.24, 2.45) is 0 Å². The molecule has 0 bridgehead atoms. The van der Waals surface area contributed by atoms with E-state index in [2.05, 4.69) is 10.6 Å². The Balaban J connectivity index is 2.54. The first-order valence-electron chi connectivity index (χ1n) is 11.7. The summed E-state index contributed by atoms with van der Waals surface area (Å²) >= 11 is 0. The van der Waals surface area contributed by atoms with Gasteiger partial charge in [0.15, 0.2) is 24.8 Å². The van der Waals surface area contributed by atoms with Gasteiger partial charge in [-0.15, -0.1) is 0 Å². The van der Waals surface area contributed by atoms with Crippen molar-refractivity contribution in [3.05, 3.63) is 0 Å². The molecule has 0 spiro atoms. The van der Waals surface area contributed by atoms with Crippen LogP contribution in [0.1, 0.15) is 34.6 Å². The van der Waals surface area contributed by atoms with Gasteiger partial charge in [-0.1, -0.05) is 0 Å². The number of rotatable bonds is 9. The van der Waals surface area contributed by atoms with Crippen molar-refractivity contribution in [1.29, 1.82) is 0 Å². The van der Waals surface area contributed by atoms with E-state index in [0.29, 0.717) is 0 Å². The zero-order chi connectivity index (χ0) is 28.7. The van der Waals surface area contributed by atoms with Gasteiger partial charge in [0, 0.05) is 34.6 Å². The Bertz CT molecular complexity index is 884. The molecule has 16 heteroatoms. The van der Waals surface area contributed by atoms with Crippen LogP contribution >= 0.6 is 0 Å². The topological polar surface area (TPSA) is 225 Å². The SMILES string of the molecule is CC(=O)N[C@@H]1[C@@H](OC(C)=O)[C@H](O[C@@H]2O[C@H](CO)[C@@H](O)[C@H](OC(C)=O)[C@H]2NC(C)=O)[C@@H](COC(C)=O)O[C@H]1O. The van der Waals surface area contributed by atoms with Gasteiger partial charge in [-0.05, 0) is 0 Å². The van der Waals surface area contributed by atoms with Crippen LogP contribution in [0.2, 0.25) is 0 Å². The average Bonchev–Trinajstić information content (AvgIpc) is 2.79. The molecule has 5 N–H and O–H groups in total. The minimum Gasteiger partial charge on any atom is -0.463 e. The molecule has 2 heterocycles. The lowest BCUT2D eigenvalue weighted by atomic mass is 9.94. The number of hydrogen-bond acceptors (Lipinski definition) is 14. The van der Waals surface area contributed by atoms with Gasteiger partial charge in [0.05, 0.1) is 6.61 Å². The summed E-state index contributed by atoms with van der Waals surface area (Å²) in [5, 5.41) is 35.8. The van der Waals surface area contributed by atoms with Gasteiger partial charge < -0.3 is 54.4 Å². The second-order valence-electron chi connectivity index (χ2n) is 8.79. The molecule has 0 unspecified atom stereocenters. The maximum atomic E-state index is 12.0. The van der Waals surface area contributed by atoms with Crippen molar-refractivity contribution in [1.82, 2.24) is 10.6 Å². The first-order chi connectivity index (χ1) is 17.7. The van der Waals surface area contributed by atoms with Crippen LogP contribution in [0.15, 0.2) is 0 Å². The van der Waals surface area contributed by atoms with Gasteiger partial charge in [0.1, 0.15) is 43.1 Å². The van der Waals surface area contributed by atoms with Gasteiger partial charge in [-0.25, -0.2) is 0 Å². The second kappa shape index (κ2) is 13.8. The summed E-state index contributed by atoms with van der Waals surface area (Å²) in [4.78, 5) is 59.0. The molecule has 0 aliphatic carbocycles. The lowest BCUT2D eigenvalue weighted by Gasteiger charge is -2.48. The summed E-state index contributed by atoms with van der Waals surface area (Å²) in [5.41, 5.74) is 0. The zero-order valence-electron chi connectivity index (χ0n) is 21.5. The van der Waals surface area contributed by atoms with Crippen molar-refractivity contribution >= 4 is 29.7 Å². The first-order valence-corrected chi connectivity index (χ1v) is 11.7. The molecule has 2 saturated heterocycles. The summed E-state index contributed by atoms with van der Waals surface area (Å²) in [6.45, 7) is 4.29. The maximum absolute atomic E-state index is 12.0. The zero-order valence-corrected chi connectivity index (χ0v) is 21.5. The third-order valence-electron chi connectivity index (χ3n) is 5.61. The highest BCUT2D eigenvalue weighted by atomic mass is 16.7. The van der Waals surface area contributed by atoms with Crippen LogP contribution < -0.4 is 10.6 Å². The molecule has 0 radical (unpaired) electrons. The molecule has 0 aromatic rings. The van der Waals surface area contributed by atoms with Gasteiger partial charge in [-0.3, -0.25) is 24.0 Å². The Labute approximate surface area is 217 Å². The predicted molar refractivity (Wildman–Crippen MR) is 120 cm³/mol. The third-order valence-corrected chi connectivity index (χ3v) is 5.61. The standard InChI is InChI=1S/C22H34N2O14/c1-8(26)23-15-20(35-12(5)30)18(14(36-21(15)32)7-33-10(3)28)38-22-16(24-9(2)27)19(34-11(4)29)17(31)13(6-25)37-22/h13-22,25,31-32H,6-7H2,1-5H3,(H,23,26)(H,24,27)/t13-,14-,15-,16-,17-,18-,19-,20-,21-,22+/m1/s1. The van der Waals surface area contributed by atoms with Crippen LogP contribution in [0.5, 0.6) is 0 Å². The molecule has 2 aliphatic rings. The Morgan fingerprint density at radius 2 is 1.29 bits per heavy atom. The van der Waals surface area contributed by atoms with Crippen LogP contribution in [0.25, 0.3) is 0 Å². The number of amides is 2. The molecular weight excluding hydrogens is 516 g/mol. The van der Waals surface area contributed by atoms with Gasteiger partial charge in [-0.2, -0.15) is 0 Å². The van der Waals surface area contributed by atoms with E-state index in [9.17, 15) is 39.3 Å². The molecule has 0 saturated carbocycles. The molecule has 10 atom stereocenters. The number of carbonyl (C=O) groups excluding carboxylic acids is 5. The van der Waals surface area contributed by atoms with Crippen molar-refractivity contribution < 1.29 is 67.7 Å². The molecule has 2 amide bonds. The van der Waals surface area contributed by atoms with E-state index in [0.717, 1.165) is 34.6 Å². The summed E-state index contributed by atoms with van der Waals surface area (Å²) < 4.78 is 32.8. The average molecular weight is 551 g/mol. The summed E-state index contributed by atoms with van der Waals surface area (Å²) in [5.74, 6) is -3.60.